The van der Waals surface area contributed by atoms with Crippen LogP contribution in [0.5, 0.6) is 0 Å². The summed E-state index contributed by atoms with van der Waals surface area (Å²) in [6, 6.07) is 8.22. The number of alkyl halides is 3. The fourth-order valence-corrected chi connectivity index (χ4v) is 4.62. The first kappa shape index (κ1) is 23.6. The van der Waals surface area contributed by atoms with Crippen LogP contribution < -0.4 is 5.43 Å². The van der Waals surface area contributed by atoms with Gasteiger partial charge in [0, 0.05) is 12.6 Å². The number of aryl methyl sites for hydroxylation is 3. The molecule has 0 aliphatic rings. The van der Waals surface area contributed by atoms with Gasteiger partial charge in [-0.2, -0.15) is 22.6 Å². The number of nitrogens with one attached hydrogen (secondary N) is 1. The average molecular weight is 441 g/mol. The van der Waals surface area contributed by atoms with Gasteiger partial charge < -0.3 is 0 Å². The molecule has 0 fully saturated rings. The second-order valence-electron chi connectivity index (χ2n) is 6.87. The highest BCUT2D eigenvalue weighted by Crippen LogP contribution is 2.31. The maximum Gasteiger partial charge on any atom is 0.417 e. The Morgan fingerprint density at radius 1 is 1.13 bits per heavy atom. The van der Waals surface area contributed by atoms with Crippen molar-refractivity contribution < 1.29 is 26.4 Å². The van der Waals surface area contributed by atoms with Crippen molar-refractivity contribution in [3.63, 3.8) is 0 Å². The summed E-state index contributed by atoms with van der Waals surface area (Å²) in [6.07, 6.45) is -3.70. The molecular formula is C20H22F3N3O3S. The first-order chi connectivity index (χ1) is 13.8. The molecule has 1 amide bonds. The lowest BCUT2D eigenvalue weighted by Gasteiger charge is -2.19. The summed E-state index contributed by atoms with van der Waals surface area (Å²) in [7, 11) is -2.70. The molecule has 0 saturated heterocycles. The molecule has 10 heteroatoms. The number of sulfonamides is 1. The summed E-state index contributed by atoms with van der Waals surface area (Å²) in [6.45, 7) is 4.64. The van der Waals surface area contributed by atoms with E-state index >= 15 is 0 Å². The van der Waals surface area contributed by atoms with Crippen LogP contribution in [0.2, 0.25) is 0 Å². The number of halogens is 3. The predicted octanol–water partition coefficient (Wildman–Crippen LogP) is 3.40. The van der Waals surface area contributed by atoms with Crippen LogP contribution in [0.4, 0.5) is 13.2 Å². The zero-order valence-corrected chi connectivity index (χ0v) is 17.7. The fourth-order valence-electron chi connectivity index (χ4n) is 3.09. The molecule has 1 N–H and O–H groups in total. The van der Waals surface area contributed by atoms with Crippen molar-refractivity contribution in [3.8, 4) is 0 Å². The number of rotatable bonds is 6. The van der Waals surface area contributed by atoms with E-state index < -0.39 is 34.2 Å². The standard InChI is InChI=1S/C20H22F3N3O3S/c1-13-9-14(2)19(15(3)10-13)30(28,29)26(4)12-18(27)25-24-11-16-7-5-6-8-17(16)20(21,22)23/h5-11H,12H2,1-4H3,(H,25,27)/b24-11-. The average Bonchev–Trinajstić information content (AvgIpc) is 2.60. The molecule has 0 saturated carbocycles. The van der Waals surface area contributed by atoms with Crippen molar-refractivity contribution in [1.29, 1.82) is 0 Å². The van der Waals surface area contributed by atoms with Crippen LogP contribution >= 0.6 is 0 Å². The van der Waals surface area contributed by atoms with E-state index in [1.54, 1.807) is 26.0 Å². The van der Waals surface area contributed by atoms with Crippen molar-refractivity contribution in [1.82, 2.24) is 9.73 Å². The summed E-state index contributed by atoms with van der Waals surface area (Å²) < 4.78 is 65.5. The van der Waals surface area contributed by atoms with Gasteiger partial charge in [0.15, 0.2) is 0 Å². The third kappa shape index (κ3) is 5.45. The molecule has 0 atom stereocenters. The number of carbonyl (C=O) groups is 1. The van der Waals surface area contributed by atoms with E-state index in [0.29, 0.717) is 11.1 Å². The van der Waals surface area contributed by atoms with Crippen LogP contribution in [0.3, 0.4) is 0 Å². The third-order valence-corrected chi connectivity index (χ3v) is 6.41. The van der Waals surface area contributed by atoms with E-state index in [1.807, 2.05) is 6.92 Å². The summed E-state index contributed by atoms with van der Waals surface area (Å²) >= 11 is 0. The Morgan fingerprint density at radius 3 is 2.27 bits per heavy atom. The van der Waals surface area contributed by atoms with Crippen LogP contribution in [0.1, 0.15) is 27.8 Å². The Bertz CT molecular complexity index is 1060. The van der Waals surface area contributed by atoms with Gasteiger partial charge >= 0.3 is 6.18 Å². The van der Waals surface area contributed by atoms with E-state index in [0.717, 1.165) is 22.1 Å². The molecule has 0 unspecified atom stereocenters. The van der Waals surface area contributed by atoms with Crippen molar-refractivity contribution in [2.75, 3.05) is 13.6 Å². The number of likely N-dealkylation sites (N-methyl/N-ethyl adjacent to an activating group) is 1. The monoisotopic (exact) mass is 441 g/mol. The number of hydrogen-bond acceptors (Lipinski definition) is 4. The Morgan fingerprint density at radius 2 is 1.70 bits per heavy atom. The van der Waals surface area contributed by atoms with Crippen molar-refractivity contribution in [2.24, 2.45) is 5.10 Å². The van der Waals surface area contributed by atoms with Crippen LogP contribution in [0.15, 0.2) is 46.4 Å². The van der Waals surface area contributed by atoms with Crippen LogP contribution in [0.25, 0.3) is 0 Å². The van der Waals surface area contributed by atoms with Gasteiger partial charge in [-0.05, 0) is 38.0 Å². The predicted molar refractivity (Wildman–Crippen MR) is 108 cm³/mol. The molecule has 30 heavy (non-hydrogen) atoms. The minimum absolute atomic E-state index is 0.117. The van der Waals surface area contributed by atoms with Gasteiger partial charge in [-0.25, -0.2) is 13.8 Å². The maximum atomic E-state index is 13.0. The zero-order chi connectivity index (χ0) is 22.7. The van der Waals surface area contributed by atoms with Gasteiger partial charge in [-0.1, -0.05) is 35.9 Å². The van der Waals surface area contributed by atoms with Gasteiger partial charge in [-0.15, -0.1) is 0 Å². The van der Waals surface area contributed by atoms with Crippen LogP contribution in [0, 0.1) is 20.8 Å². The summed E-state index contributed by atoms with van der Waals surface area (Å²) in [4.78, 5) is 12.2. The molecule has 2 aromatic rings. The molecule has 0 spiro atoms. The number of hydrazone groups is 1. The number of hydrogen-bond donors (Lipinski definition) is 1. The van der Waals surface area contributed by atoms with E-state index in [9.17, 15) is 26.4 Å². The Kier molecular flexibility index (Phi) is 7.04. The molecule has 0 aromatic heterocycles. The Labute approximate surface area is 173 Å². The van der Waals surface area contributed by atoms with Crippen LogP contribution in [-0.2, 0) is 21.0 Å². The highest BCUT2D eigenvalue weighted by Gasteiger charge is 2.32. The Balaban J connectivity index is 2.12. The van der Waals surface area contributed by atoms with Crippen molar-refractivity contribution >= 4 is 22.1 Å². The van der Waals surface area contributed by atoms with Gasteiger partial charge in [0.25, 0.3) is 5.91 Å². The van der Waals surface area contributed by atoms with Gasteiger partial charge in [-0.3, -0.25) is 4.79 Å². The van der Waals surface area contributed by atoms with Crippen molar-refractivity contribution in [2.45, 2.75) is 31.8 Å². The summed E-state index contributed by atoms with van der Waals surface area (Å²) in [5, 5.41) is 3.52. The molecule has 162 valence electrons. The maximum absolute atomic E-state index is 13.0. The minimum Gasteiger partial charge on any atom is -0.272 e. The number of carbonyl (C=O) groups excluding carboxylic acids is 1. The minimum atomic E-state index is -4.56. The van der Waals surface area contributed by atoms with Gasteiger partial charge in [0.2, 0.25) is 10.0 Å². The van der Waals surface area contributed by atoms with Gasteiger partial charge in [0.05, 0.1) is 23.2 Å². The smallest absolute Gasteiger partial charge is 0.272 e. The first-order valence-electron chi connectivity index (χ1n) is 8.86. The number of amides is 1. The van der Waals surface area contributed by atoms with E-state index in [-0.39, 0.29) is 10.5 Å². The molecule has 0 radical (unpaired) electrons. The SMILES string of the molecule is Cc1cc(C)c(S(=O)(=O)N(C)CC(=O)N/N=C\c2ccccc2C(F)(F)F)c(C)c1. The topological polar surface area (TPSA) is 78.8 Å². The quantitative estimate of drug-likeness (QED) is 0.551. The molecule has 2 aromatic carbocycles. The largest absolute Gasteiger partial charge is 0.417 e. The molecule has 0 bridgehead atoms. The summed E-state index contributed by atoms with van der Waals surface area (Å²) in [5.74, 6) is -0.788. The zero-order valence-electron chi connectivity index (χ0n) is 16.9. The fraction of sp³-hybridized carbons (Fsp3) is 0.300. The molecule has 2 rings (SSSR count). The van der Waals surface area contributed by atoms with E-state index in [4.69, 9.17) is 0 Å². The number of benzene rings is 2. The highest BCUT2D eigenvalue weighted by atomic mass is 32.2. The lowest BCUT2D eigenvalue weighted by molar-refractivity contribution is -0.137. The van der Waals surface area contributed by atoms with Crippen LogP contribution in [-0.4, -0.2) is 38.4 Å². The van der Waals surface area contributed by atoms with Gasteiger partial charge in [0.1, 0.15) is 0 Å². The highest BCUT2D eigenvalue weighted by molar-refractivity contribution is 7.89. The second-order valence-corrected chi connectivity index (χ2v) is 8.85. The molecular weight excluding hydrogens is 419 g/mol. The molecule has 0 aliphatic heterocycles. The number of nitrogens with zero attached hydrogens (tertiary/aromatic N) is 2. The Hall–Kier alpha value is -2.72. The molecule has 0 heterocycles. The van der Waals surface area contributed by atoms with E-state index in [2.05, 4.69) is 10.5 Å². The normalized spacial score (nSPS) is 12.5. The third-order valence-electron chi connectivity index (χ3n) is 4.30. The second kappa shape index (κ2) is 8.97. The molecule has 6 nitrogen and oxygen atoms in total. The van der Waals surface area contributed by atoms with Crippen molar-refractivity contribution in [3.05, 3.63) is 64.2 Å². The summed E-state index contributed by atoms with van der Waals surface area (Å²) in [5.41, 5.74) is 2.97. The lowest BCUT2D eigenvalue weighted by atomic mass is 10.1. The van der Waals surface area contributed by atoms with E-state index in [1.165, 1.54) is 25.2 Å². The molecule has 0 aliphatic carbocycles. The first-order valence-corrected chi connectivity index (χ1v) is 10.3. The lowest BCUT2D eigenvalue weighted by Crippen LogP contribution is -2.37.